The summed E-state index contributed by atoms with van der Waals surface area (Å²) in [5.74, 6) is -0.595. The lowest BCUT2D eigenvalue weighted by Crippen LogP contribution is -2.53. The predicted octanol–water partition coefficient (Wildman–Crippen LogP) is 12.7. The Morgan fingerprint density at radius 1 is 0.444 bits per heavy atom. The van der Waals surface area contributed by atoms with E-state index in [9.17, 15) is 25.2 Å². The monoisotopic (exact) mass is 764 g/mol. The SMILES string of the molecule is CCCCCCC/C=C/CC/C=C/CCCC(O)C(O)C(CO)NC(=O)C(O)CCCCCCCCCCCCCCCCCCCCCCCCCC. The van der Waals surface area contributed by atoms with Crippen LogP contribution in [0.25, 0.3) is 0 Å². The summed E-state index contributed by atoms with van der Waals surface area (Å²) < 4.78 is 0. The van der Waals surface area contributed by atoms with Crippen LogP contribution in [-0.2, 0) is 4.79 Å². The van der Waals surface area contributed by atoms with Crippen molar-refractivity contribution in [2.24, 2.45) is 0 Å². The summed E-state index contributed by atoms with van der Waals surface area (Å²) in [6.45, 7) is 4.03. The van der Waals surface area contributed by atoms with Crippen LogP contribution in [0.5, 0.6) is 0 Å². The zero-order valence-electron chi connectivity index (χ0n) is 36.0. The summed E-state index contributed by atoms with van der Waals surface area (Å²) in [7, 11) is 0. The Labute approximate surface area is 335 Å². The van der Waals surface area contributed by atoms with Crippen LogP contribution in [0.3, 0.4) is 0 Å². The van der Waals surface area contributed by atoms with Crippen molar-refractivity contribution in [3.05, 3.63) is 24.3 Å². The van der Waals surface area contributed by atoms with Crippen molar-refractivity contribution in [1.82, 2.24) is 5.32 Å². The van der Waals surface area contributed by atoms with E-state index >= 15 is 0 Å². The minimum absolute atomic E-state index is 0.364. The smallest absolute Gasteiger partial charge is 0.249 e. The number of hydrogen-bond donors (Lipinski definition) is 5. The van der Waals surface area contributed by atoms with E-state index in [2.05, 4.69) is 43.5 Å². The highest BCUT2D eigenvalue weighted by molar-refractivity contribution is 5.80. The molecular formula is C48H93NO5. The van der Waals surface area contributed by atoms with Crippen LogP contribution in [-0.4, -0.2) is 57.3 Å². The molecule has 0 heterocycles. The maximum atomic E-state index is 12.5. The second kappa shape index (κ2) is 42.9. The van der Waals surface area contributed by atoms with Crippen molar-refractivity contribution in [2.45, 2.75) is 269 Å². The van der Waals surface area contributed by atoms with Gasteiger partial charge in [0.05, 0.1) is 18.8 Å². The van der Waals surface area contributed by atoms with Gasteiger partial charge in [0.2, 0.25) is 5.91 Å². The Bertz CT molecular complexity index is 817. The summed E-state index contributed by atoms with van der Waals surface area (Å²) in [6, 6.07) is -1.00. The third kappa shape index (κ3) is 36.4. The summed E-state index contributed by atoms with van der Waals surface area (Å²) >= 11 is 0. The van der Waals surface area contributed by atoms with E-state index in [1.54, 1.807) is 0 Å². The third-order valence-electron chi connectivity index (χ3n) is 11.1. The van der Waals surface area contributed by atoms with Gasteiger partial charge in [-0.15, -0.1) is 0 Å². The van der Waals surface area contributed by atoms with Gasteiger partial charge in [-0.1, -0.05) is 218 Å². The Morgan fingerprint density at radius 2 is 0.778 bits per heavy atom. The normalized spacial score (nSPS) is 14.3. The fourth-order valence-corrected chi connectivity index (χ4v) is 7.36. The molecule has 0 bridgehead atoms. The standard InChI is InChI=1S/C48H93NO5/c1-3-5-7-9-11-13-15-17-19-20-21-22-23-24-25-26-27-28-30-32-34-36-38-40-42-46(52)48(54)49-44(43-50)47(53)45(51)41-39-37-35-33-31-29-18-16-14-12-10-8-6-4-2/h16,18,33,35,44-47,50-53H,3-15,17,19-32,34,36-43H2,1-2H3,(H,49,54)/b18-16+,35-33+. The lowest BCUT2D eigenvalue weighted by Gasteiger charge is -2.27. The molecule has 0 fully saturated rings. The maximum Gasteiger partial charge on any atom is 0.249 e. The molecule has 320 valence electrons. The molecule has 5 N–H and O–H groups in total. The predicted molar refractivity (Wildman–Crippen MR) is 233 cm³/mol. The number of carbonyl (C=O) groups excluding carboxylic acids is 1. The molecule has 0 aliphatic carbocycles. The van der Waals surface area contributed by atoms with Gasteiger partial charge in [0, 0.05) is 0 Å². The van der Waals surface area contributed by atoms with Gasteiger partial charge in [0.1, 0.15) is 12.2 Å². The lowest BCUT2D eigenvalue weighted by atomic mass is 10.00. The van der Waals surface area contributed by atoms with Crippen LogP contribution in [0.15, 0.2) is 24.3 Å². The number of allylic oxidation sites excluding steroid dienone is 4. The van der Waals surface area contributed by atoms with Gasteiger partial charge < -0.3 is 25.7 Å². The first kappa shape index (κ1) is 52.8. The van der Waals surface area contributed by atoms with E-state index in [-0.39, 0.29) is 0 Å². The largest absolute Gasteiger partial charge is 0.394 e. The summed E-state index contributed by atoms with van der Waals surface area (Å²) in [4.78, 5) is 12.5. The minimum Gasteiger partial charge on any atom is -0.394 e. The molecule has 6 heteroatoms. The minimum atomic E-state index is -1.29. The highest BCUT2D eigenvalue weighted by atomic mass is 16.3. The highest BCUT2D eigenvalue weighted by Gasteiger charge is 2.28. The van der Waals surface area contributed by atoms with E-state index in [4.69, 9.17) is 0 Å². The molecule has 0 spiro atoms. The molecule has 54 heavy (non-hydrogen) atoms. The van der Waals surface area contributed by atoms with E-state index in [1.165, 1.54) is 173 Å². The molecule has 0 aromatic carbocycles. The fourth-order valence-electron chi connectivity index (χ4n) is 7.36. The van der Waals surface area contributed by atoms with Gasteiger partial charge in [-0.3, -0.25) is 4.79 Å². The molecule has 0 aromatic heterocycles. The second-order valence-electron chi connectivity index (χ2n) is 16.4. The topological polar surface area (TPSA) is 110 Å². The molecule has 0 saturated carbocycles. The number of unbranched alkanes of at least 4 members (excludes halogenated alkanes) is 30. The first-order valence-electron chi connectivity index (χ1n) is 23.7. The Hall–Kier alpha value is -1.21. The Kier molecular flexibility index (Phi) is 42.0. The van der Waals surface area contributed by atoms with Crippen molar-refractivity contribution in [1.29, 1.82) is 0 Å². The summed E-state index contributed by atoms with van der Waals surface area (Å²) in [5.41, 5.74) is 0. The molecule has 0 aliphatic rings. The summed E-state index contributed by atoms with van der Waals surface area (Å²) in [5, 5.41) is 43.7. The van der Waals surface area contributed by atoms with E-state index in [0.717, 1.165) is 38.5 Å². The maximum absolute atomic E-state index is 12.5. The molecule has 0 saturated heterocycles. The number of nitrogens with one attached hydrogen (secondary N) is 1. The Balaban J connectivity index is 3.68. The van der Waals surface area contributed by atoms with E-state index in [1.807, 2.05) is 0 Å². The fraction of sp³-hybridized carbons (Fsp3) is 0.896. The molecule has 0 rings (SSSR count). The number of amides is 1. The van der Waals surface area contributed by atoms with Crippen LogP contribution in [0.2, 0.25) is 0 Å². The van der Waals surface area contributed by atoms with E-state index < -0.39 is 36.9 Å². The first-order valence-corrected chi connectivity index (χ1v) is 23.7. The van der Waals surface area contributed by atoms with Crippen molar-refractivity contribution < 1.29 is 25.2 Å². The van der Waals surface area contributed by atoms with Crippen LogP contribution >= 0.6 is 0 Å². The average molecular weight is 764 g/mol. The van der Waals surface area contributed by atoms with Crippen molar-refractivity contribution in [3.63, 3.8) is 0 Å². The number of aliphatic hydroxyl groups excluding tert-OH is 4. The van der Waals surface area contributed by atoms with Crippen molar-refractivity contribution in [3.8, 4) is 0 Å². The Morgan fingerprint density at radius 3 is 1.17 bits per heavy atom. The molecule has 1 amide bonds. The number of hydrogen-bond acceptors (Lipinski definition) is 5. The zero-order chi connectivity index (χ0) is 39.6. The quantitative estimate of drug-likeness (QED) is 0.0314. The van der Waals surface area contributed by atoms with Crippen LogP contribution < -0.4 is 5.32 Å². The van der Waals surface area contributed by atoms with Crippen LogP contribution in [0, 0.1) is 0 Å². The molecule has 0 radical (unpaired) electrons. The molecule has 4 atom stereocenters. The molecular weight excluding hydrogens is 671 g/mol. The van der Waals surface area contributed by atoms with Crippen LogP contribution in [0.1, 0.15) is 245 Å². The number of carbonyl (C=O) groups is 1. The van der Waals surface area contributed by atoms with Crippen molar-refractivity contribution in [2.75, 3.05) is 6.61 Å². The zero-order valence-corrected chi connectivity index (χ0v) is 36.0. The van der Waals surface area contributed by atoms with Gasteiger partial charge in [-0.2, -0.15) is 0 Å². The highest BCUT2D eigenvalue weighted by Crippen LogP contribution is 2.17. The number of aliphatic hydroxyl groups is 4. The lowest BCUT2D eigenvalue weighted by molar-refractivity contribution is -0.132. The van der Waals surface area contributed by atoms with E-state index in [0.29, 0.717) is 19.3 Å². The second-order valence-corrected chi connectivity index (χ2v) is 16.4. The van der Waals surface area contributed by atoms with Crippen LogP contribution in [0.4, 0.5) is 0 Å². The molecule has 0 aliphatic heterocycles. The van der Waals surface area contributed by atoms with Gasteiger partial charge in [-0.05, 0) is 51.4 Å². The third-order valence-corrected chi connectivity index (χ3v) is 11.1. The van der Waals surface area contributed by atoms with Gasteiger partial charge in [0.25, 0.3) is 0 Å². The van der Waals surface area contributed by atoms with Gasteiger partial charge >= 0.3 is 0 Å². The summed E-state index contributed by atoms with van der Waals surface area (Å²) in [6.07, 6.45) is 49.4. The molecule has 4 unspecified atom stereocenters. The molecule has 0 aromatic rings. The van der Waals surface area contributed by atoms with Crippen molar-refractivity contribution >= 4 is 5.91 Å². The average Bonchev–Trinajstić information content (AvgIpc) is 3.18. The molecule has 6 nitrogen and oxygen atoms in total. The van der Waals surface area contributed by atoms with Gasteiger partial charge in [-0.25, -0.2) is 0 Å². The first-order chi connectivity index (χ1) is 26.5. The van der Waals surface area contributed by atoms with Gasteiger partial charge in [0.15, 0.2) is 0 Å². The number of rotatable bonds is 43.